The molecule has 8 nitrogen and oxygen atoms in total. The Kier molecular flexibility index (Phi) is 5.90. The van der Waals surface area contributed by atoms with Crippen LogP contribution in [0.5, 0.6) is 0 Å². The van der Waals surface area contributed by atoms with Gasteiger partial charge in [0.2, 0.25) is 5.91 Å². The highest BCUT2D eigenvalue weighted by Crippen LogP contribution is 2.35. The summed E-state index contributed by atoms with van der Waals surface area (Å²) >= 11 is 1.21. The highest BCUT2D eigenvalue weighted by atomic mass is 32.2. The summed E-state index contributed by atoms with van der Waals surface area (Å²) in [4.78, 5) is 20.2. The van der Waals surface area contributed by atoms with Gasteiger partial charge in [0.25, 0.3) is 0 Å². The Balaban J connectivity index is 1.78. The number of pyridine rings is 2. The van der Waals surface area contributed by atoms with Crippen LogP contribution in [-0.2, 0) is 4.79 Å². The Bertz CT molecular complexity index is 1070. The van der Waals surface area contributed by atoms with Crippen LogP contribution >= 0.6 is 11.8 Å². The van der Waals surface area contributed by atoms with Crippen molar-refractivity contribution in [2.45, 2.75) is 11.4 Å². The van der Waals surface area contributed by atoms with Crippen molar-refractivity contribution in [3.63, 3.8) is 0 Å². The molecule has 0 aliphatic rings. The molecular weight excluding hydrogens is 376 g/mol. The Labute approximate surface area is 165 Å². The van der Waals surface area contributed by atoms with E-state index in [0.717, 1.165) is 0 Å². The molecule has 138 valence electrons. The number of hydrogen-bond donors (Lipinski definition) is 2. The number of nitrogens with zero attached hydrogens (tertiary/aromatic N) is 4. The van der Waals surface area contributed by atoms with Gasteiger partial charge in [-0.2, -0.15) is 10.5 Å². The molecule has 3 heterocycles. The van der Waals surface area contributed by atoms with Crippen molar-refractivity contribution < 1.29 is 9.21 Å². The van der Waals surface area contributed by atoms with Gasteiger partial charge in [0.1, 0.15) is 34.3 Å². The van der Waals surface area contributed by atoms with E-state index in [1.807, 2.05) is 6.07 Å². The van der Waals surface area contributed by atoms with Crippen LogP contribution in [0, 0.1) is 22.7 Å². The summed E-state index contributed by atoms with van der Waals surface area (Å²) in [6.07, 6.45) is 4.82. The Morgan fingerprint density at radius 1 is 1.25 bits per heavy atom. The molecule has 1 amide bonds. The molecule has 3 rings (SSSR count). The minimum absolute atomic E-state index is 0.00946. The van der Waals surface area contributed by atoms with Crippen LogP contribution in [-0.4, -0.2) is 21.6 Å². The molecule has 0 aromatic carbocycles. The lowest BCUT2D eigenvalue weighted by Crippen LogP contribution is -2.12. The fourth-order valence-corrected chi connectivity index (χ4v) is 3.41. The van der Waals surface area contributed by atoms with Crippen molar-refractivity contribution >= 4 is 29.2 Å². The third-order valence-electron chi connectivity index (χ3n) is 3.70. The number of thioether (sulfide) groups is 1. The second kappa shape index (κ2) is 8.71. The number of furan rings is 1. The number of aromatic nitrogens is 2. The lowest BCUT2D eigenvalue weighted by atomic mass is 10.0. The maximum Gasteiger partial charge on any atom is 0.225 e. The molecule has 9 heteroatoms. The van der Waals surface area contributed by atoms with Crippen LogP contribution in [0.1, 0.15) is 17.5 Å². The Morgan fingerprint density at radius 3 is 2.71 bits per heavy atom. The van der Waals surface area contributed by atoms with Crippen molar-refractivity contribution in [3.05, 3.63) is 54.0 Å². The molecule has 0 fully saturated rings. The molecule has 0 saturated heterocycles. The van der Waals surface area contributed by atoms with E-state index in [0.29, 0.717) is 27.8 Å². The number of anilines is 2. The van der Waals surface area contributed by atoms with Gasteiger partial charge in [-0.15, -0.1) is 11.8 Å². The quantitative estimate of drug-likeness (QED) is 0.611. The number of amides is 1. The summed E-state index contributed by atoms with van der Waals surface area (Å²) in [6, 6.07) is 10.8. The lowest BCUT2D eigenvalue weighted by Gasteiger charge is -2.11. The smallest absolute Gasteiger partial charge is 0.225 e. The first-order chi connectivity index (χ1) is 13.6. The Morgan fingerprint density at radius 2 is 2.07 bits per heavy atom. The number of carbonyl (C=O) groups excluding carboxylic acids is 1. The van der Waals surface area contributed by atoms with E-state index in [9.17, 15) is 15.3 Å². The third-order valence-corrected chi connectivity index (χ3v) is 4.67. The van der Waals surface area contributed by atoms with Crippen LogP contribution in [0.2, 0.25) is 0 Å². The van der Waals surface area contributed by atoms with Crippen molar-refractivity contribution in [2.24, 2.45) is 0 Å². The van der Waals surface area contributed by atoms with Crippen LogP contribution in [0.15, 0.2) is 52.4 Å². The maximum absolute atomic E-state index is 12.1. The first-order valence-electron chi connectivity index (χ1n) is 8.14. The predicted molar refractivity (Wildman–Crippen MR) is 104 cm³/mol. The highest BCUT2D eigenvalue weighted by Gasteiger charge is 2.22. The summed E-state index contributed by atoms with van der Waals surface area (Å²) < 4.78 is 5.36. The van der Waals surface area contributed by atoms with Crippen LogP contribution in [0.3, 0.4) is 0 Å². The largest absolute Gasteiger partial charge is 0.464 e. The molecule has 3 N–H and O–H groups in total. The summed E-state index contributed by atoms with van der Waals surface area (Å²) in [6.45, 7) is 0. The molecule has 28 heavy (non-hydrogen) atoms. The first kappa shape index (κ1) is 19.0. The number of carbonyl (C=O) groups is 1. The summed E-state index contributed by atoms with van der Waals surface area (Å²) in [7, 11) is 0. The Hall–Kier alpha value is -3.82. The fraction of sp³-hybridized carbons (Fsp3) is 0.105. The molecule has 0 radical (unpaired) electrons. The highest BCUT2D eigenvalue weighted by molar-refractivity contribution is 7.99. The van der Waals surface area contributed by atoms with Crippen molar-refractivity contribution in [1.82, 2.24) is 9.97 Å². The van der Waals surface area contributed by atoms with Gasteiger partial charge in [-0.05, 0) is 24.3 Å². The van der Waals surface area contributed by atoms with E-state index in [2.05, 4.69) is 21.4 Å². The number of nitrogen functional groups attached to an aromatic ring is 1. The third kappa shape index (κ3) is 4.11. The summed E-state index contributed by atoms with van der Waals surface area (Å²) in [5, 5.41) is 22.1. The van der Waals surface area contributed by atoms with E-state index in [4.69, 9.17) is 10.2 Å². The predicted octanol–water partition coefficient (Wildman–Crippen LogP) is 3.18. The average molecular weight is 390 g/mol. The minimum Gasteiger partial charge on any atom is -0.464 e. The molecule has 0 aliphatic heterocycles. The van der Waals surface area contributed by atoms with Gasteiger partial charge in [-0.3, -0.25) is 9.78 Å². The zero-order valence-electron chi connectivity index (χ0n) is 14.5. The van der Waals surface area contributed by atoms with Crippen LogP contribution in [0.25, 0.3) is 11.3 Å². The molecule has 0 unspecified atom stereocenters. The molecule has 0 saturated carbocycles. The summed E-state index contributed by atoms with van der Waals surface area (Å²) in [5.41, 5.74) is 7.11. The van der Waals surface area contributed by atoms with Gasteiger partial charge in [0.15, 0.2) is 0 Å². The van der Waals surface area contributed by atoms with Gasteiger partial charge in [0, 0.05) is 18.4 Å². The number of hydrogen-bond acceptors (Lipinski definition) is 8. The van der Waals surface area contributed by atoms with E-state index in [1.165, 1.54) is 18.0 Å². The molecule has 0 atom stereocenters. The van der Waals surface area contributed by atoms with Gasteiger partial charge < -0.3 is 15.5 Å². The van der Waals surface area contributed by atoms with Gasteiger partial charge in [0.05, 0.1) is 29.3 Å². The molecule has 0 spiro atoms. The van der Waals surface area contributed by atoms with E-state index in [-0.39, 0.29) is 29.3 Å². The van der Waals surface area contributed by atoms with Gasteiger partial charge in [-0.1, -0.05) is 0 Å². The molecule has 0 aliphatic carbocycles. The monoisotopic (exact) mass is 390 g/mol. The van der Waals surface area contributed by atoms with E-state index < -0.39 is 0 Å². The number of nitrogens with one attached hydrogen (secondary N) is 1. The molecule has 3 aromatic rings. The topological polar surface area (TPSA) is 142 Å². The molecule has 0 bridgehead atoms. The maximum atomic E-state index is 12.1. The van der Waals surface area contributed by atoms with Gasteiger partial charge in [-0.25, -0.2) is 4.98 Å². The van der Waals surface area contributed by atoms with E-state index in [1.54, 1.807) is 36.7 Å². The summed E-state index contributed by atoms with van der Waals surface area (Å²) in [5.74, 6) is 0.553. The normalized spacial score (nSPS) is 10.1. The molecule has 3 aromatic heterocycles. The van der Waals surface area contributed by atoms with E-state index >= 15 is 0 Å². The van der Waals surface area contributed by atoms with Crippen molar-refractivity contribution in [2.75, 3.05) is 16.8 Å². The second-order valence-corrected chi connectivity index (χ2v) is 6.60. The van der Waals surface area contributed by atoms with Crippen LogP contribution in [0.4, 0.5) is 11.5 Å². The fourth-order valence-electron chi connectivity index (χ4n) is 2.47. The van der Waals surface area contributed by atoms with Crippen molar-refractivity contribution in [3.8, 4) is 23.5 Å². The second-order valence-electron chi connectivity index (χ2n) is 5.52. The number of rotatable bonds is 6. The first-order valence-corrected chi connectivity index (χ1v) is 9.12. The van der Waals surface area contributed by atoms with Gasteiger partial charge >= 0.3 is 0 Å². The number of nitrogens with two attached hydrogens (primary N) is 1. The van der Waals surface area contributed by atoms with Crippen molar-refractivity contribution in [1.29, 1.82) is 10.5 Å². The zero-order valence-corrected chi connectivity index (χ0v) is 15.4. The van der Waals surface area contributed by atoms with Crippen LogP contribution < -0.4 is 11.1 Å². The lowest BCUT2D eigenvalue weighted by molar-refractivity contribution is -0.115. The SMILES string of the molecule is N#Cc1c(N)nc(SCCC(=O)Nc2cccnc2)c(C#N)c1-c1ccco1. The average Bonchev–Trinajstić information content (AvgIpc) is 3.22. The standard InChI is InChI=1S/C19H14N6O2S/c20-9-13-17(15-4-2-7-27-15)14(10-21)19(25-18(13)22)28-8-5-16(26)24-12-3-1-6-23-11-12/h1-4,6-7,11H,5,8H2,(H2,22,25)(H,24,26). The minimum atomic E-state index is -0.188. The zero-order chi connectivity index (χ0) is 19.9. The number of nitriles is 2. The molecular formula is C19H14N6O2S.